The minimum atomic E-state index is 0.0727. The topological polar surface area (TPSA) is 29.3 Å². The SMILES string of the molecule is CC(c1cccs1)N(C)CCC(N)c1ccccc1Br. The Morgan fingerprint density at radius 1 is 1.25 bits per heavy atom. The molecule has 108 valence electrons. The van der Waals surface area contributed by atoms with Gasteiger partial charge in [-0.25, -0.2) is 0 Å². The minimum Gasteiger partial charge on any atom is -0.324 e. The zero-order valence-electron chi connectivity index (χ0n) is 11.9. The Bertz CT molecular complexity index is 527. The predicted molar refractivity (Wildman–Crippen MR) is 91.1 cm³/mol. The minimum absolute atomic E-state index is 0.0727. The summed E-state index contributed by atoms with van der Waals surface area (Å²) in [4.78, 5) is 3.77. The summed E-state index contributed by atoms with van der Waals surface area (Å²) < 4.78 is 1.10. The van der Waals surface area contributed by atoms with Gasteiger partial charge in [-0.1, -0.05) is 40.2 Å². The highest BCUT2D eigenvalue weighted by Crippen LogP contribution is 2.26. The number of hydrogen-bond acceptors (Lipinski definition) is 3. The zero-order chi connectivity index (χ0) is 14.5. The van der Waals surface area contributed by atoms with E-state index in [2.05, 4.69) is 58.4 Å². The van der Waals surface area contributed by atoms with E-state index in [1.807, 2.05) is 29.5 Å². The molecule has 0 spiro atoms. The molecule has 2 nitrogen and oxygen atoms in total. The van der Waals surface area contributed by atoms with Crippen LogP contribution in [0.4, 0.5) is 0 Å². The maximum Gasteiger partial charge on any atom is 0.0410 e. The summed E-state index contributed by atoms with van der Waals surface area (Å²) in [6.07, 6.45) is 0.953. The summed E-state index contributed by atoms with van der Waals surface area (Å²) in [5, 5.41) is 2.13. The van der Waals surface area contributed by atoms with Crippen molar-refractivity contribution >= 4 is 27.3 Å². The maximum atomic E-state index is 6.31. The molecule has 0 aliphatic carbocycles. The molecule has 20 heavy (non-hydrogen) atoms. The van der Waals surface area contributed by atoms with Crippen LogP contribution in [0.25, 0.3) is 0 Å². The van der Waals surface area contributed by atoms with Crippen LogP contribution in [0.1, 0.15) is 35.9 Å². The van der Waals surface area contributed by atoms with E-state index in [0.717, 1.165) is 17.4 Å². The van der Waals surface area contributed by atoms with Crippen molar-refractivity contribution in [3.8, 4) is 0 Å². The highest BCUT2D eigenvalue weighted by atomic mass is 79.9. The summed E-state index contributed by atoms with van der Waals surface area (Å²) in [6, 6.07) is 13.0. The number of nitrogens with two attached hydrogens (primary N) is 1. The summed E-state index contributed by atoms with van der Waals surface area (Å²) in [5.74, 6) is 0. The van der Waals surface area contributed by atoms with Crippen LogP contribution in [-0.2, 0) is 0 Å². The fourth-order valence-electron chi connectivity index (χ4n) is 2.21. The van der Waals surface area contributed by atoms with Gasteiger partial charge >= 0.3 is 0 Å². The van der Waals surface area contributed by atoms with Gasteiger partial charge in [-0.3, -0.25) is 4.90 Å². The van der Waals surface area contributed by atoms with Gasteiger partial charge in [0.1, 0.15) is 0 Å². The summed E-state index contributed by atoms with van der Waals surface area (Å²) in [6.45, 7) is 3.23. The van der Waals surface area contributed by atoms with Gasteiger partial charge in [-0.2, -0.15) is 0 Å². The zero-order valence-corrected chi connectivity index (χ0v) is 14.3. The molecule has 0 radical (unpaired) electrons. The molecule has 0 amide bonds. The van der Waals surface area contributed by atoms with Crippen LogP contribution in [0.2, 0.25) is 0 Å². The molecule has 0 aliphatic rings. The fourth-order valence-corrected chi connectivity index (χ4v) is 3.64. The predicted octanol–water partition coefficient (Wildman–Crippen LogP) is 4.59. The molecular formula is C16H21BrN2S. The van der Waals surface area contributed by atoms with Gasteiger partial charge in [-0.05, 0) is 43.5 Å². The van der Waals surface area contributed by atoms with Crippen molar-refractivity contribution < 1.29 is 0 Å². The van der Waals surface area contributed by atoms with Crippen LogP contribution in [0, 0.1) is 0 Å². The Kier molecular flexibility index (Phi) is 5.78. The van der Waals surface area contributed by atoms with E-state index in [1.54, 1.807) is 0 Å². The first-order valence-electron chi connectivity index (χ1n) is 6.83. The molecule has 0 aliphatic heterocycles. The number of thiophene rings is 1. The van der Waals surface area contributed by atoms with Gasteiger partial charge in [0.05, 0.1) is 0 Å². The van der Waals surface area contributed by atoms with Gasteiger partial charge in [-0.15, -0.1) is 11.3 Å². The van der Waals surface area contributed by atoms with E-state index in [4.69, 9.17) is 5.73 Å². The lowest BCUT2D eigenvalue weighted by Crippen LogP contribution is -2.26. The quantitative estimate of drug-likeness (QED) is 0.823. The summed E-state index contributed by atoms with van der Waals surface area (Å²) in [5.41, 5.74) is 7.49. The van der Waals surface area contributed by atoms with Gasteiger partial charge in [0.25, 0.3) is 0 Å². The largest absolute Gasteiger partial charge is 0.324 e. The Hall–Kier alpha value is -0.680. The smallest absolute Gasteiger partial charge is 0.0410 e. The standard InChI is InChI=1S/C16H21BrN2S/c1-12(16-8-5-11-20-16)19(2)10-9-15(18)13-6-3-4-7-14(13)17/h3-8,11-12,15H,9-10,18H2,1-2H3. The van der Waals surface area contributed by atoms with E-state index >= 15 is 0 Å². The highest BCUT2D eigenvalue weighted by molar-refractivity contribution is 9.10. The van der Waals surface area contributed by atoms with Crippen molar-refractivity contribution in [1.82, 2.24) is 4.90 Å². The summed E-state index contributed by atoms with van der Waals surface area (Å²) in [7, 11) is 2.16. The van der Waals surface area contributed by atoms with Crippen LogP contribution >= 0.6 is 27.3 Å². The van der Waals surface area contributed by atoms with Crippen LogP contribution in [0.5, 0.6) is 0 Å². The second-order valence-electron chi connectivity index (χ2n) is 5.09. The van der Waals surface area contributed by atoms with E-state index < -0.39 is 0 Å². The lowest BCUT2D eigenvalue weighted by Gasteiger charge is -2.25. The van der Waals surface area contributed by atoms with Crippen molar-refractivity contribution in [2.24, 2.45) is 5.73 Å². The van der Waals surface area contributed by atoms with Gasteiger partial charge < -0.3 is 5.73 Å². The molecule has 0 saturated heterocycles. The maximum absolute atomic E-state index is 6.31. The Morgan fingerprint density at radius 2 is 2.00 bits per heavy atom. The molecule has 2 atom stereocenters. The third-order valence-electron chi connectivity index (χ3n) is 3.71. The highest BCUT2D eigenvalue weighted by Gasteiger charge is 2.15. The Morgan fingerprint density at radius 3 is 2.65 bits per heavy atom. The molecule has 1 aromatic heterocycles. The van der Waals surface area contributed by atoms with Gasteiger partial charge in [0.2, 0.25) is 0 Å². The Labute approximate surface area is 133 Å². The first kappa shape index (κ1) is 15.7. The van der Waals surface area contributed by atoms with Crippen molar-refractivity contribution in [3.63, 3.8) is 0 Å². The van der Waals surface area contributed by atoms with Crippen LogP contribution in [0.15, 0.2) is 46.3 Å². The van der Waals surface area contributed by atoms with E-state index in [-0.39, 0.29) is 6.04 Å². The normalized spacial score (nSPS) is 14.4. The van der Waals surface area contributed by atoms with Crippen LogP contribution in [-0.4, -0.2) is 18.5 Å². The number of halogens is 1. The first-order valence-corrected chi connectivity index (χ1v) is 8.50. The number of nitrogens with zero attached hydrogens (tertiary/aromatic N) is 1. The van der Waals surface area contributed by atoms with Crippen molar-refractivity contribution in [1.29, 1.82) is 0 Å². The third kappa shape index (κ3) is 3.92. The van der Waals surface area contributed by atoms with Gasteiger partial charge in [0, 0.05) is 28.0 Å². The first-order chi connectivity index (χ1) is 9.59. The molecule has 0 bridgehead atoms. The molecule has 1 aromatic carbocycles. The van der Waals surface area contributed by atoms with Crippen LogP contribution in [0.3, 0.4) is 0 Å². The molecule has 2 aromatic rings. The number of hydrogen-bond donors (Lipinski definition) is 1. The second kappa shape index (κ2) is 7.36. The Balaban J connectivity index is 1.90. The van der Waals surface area contributed by atoms with Crippen molar-refractivity contribution in [2.75, 3.05) is 13.6 Å². The monoisotopic (exact) mass is 352 g/mol. The van der Waals surface area contributed by atoms with E-state index in [1.165, 1.54) is 10.4 Å². The van der Waals surface area contributed by atoms with E-state index in [0.29, 0.717) is 6.04 Å². The molecule has 2 rings (SSSR count). The molecule has 4 heteroatoms. The fraction of sp³-hybridized carbons (Fsp3) is 0.375. The molecule has 1 heterocycles. The van der Waals surface area contributed by atoms with Gasteiger partial charge in [0.15, 0.2) is 0 Å². The average molecular weight is 353 g/mol. The molecular weight excluding hydrogens is 332 g/mol. The van der Waals surface area contributed by atoms with Crippen LogP contribution < -0.4 is 5.73 Å². The van der Waals surface area contributed by atoms with Crippen molar-refractivity contribution in [2.45, 2.75) is 25.4 Å². The average Bonchev–Trinajstić information content (AvgIpc) is 2.98. The lowest BCUT2D eigenvalue weighted by molar-refractivity contribution is 0.254. The number of benzene rings is 1. The van der Waals surface area contributed by atoms with Crippen molar-refractivity contribution in [3.05, 3.63) is 56.7 Å². The second-order valence-corrected chi connectivity index (χ2v) is 6.92. The molecule has 2 unspecified atom stereocenters. The molecule has 0 saturated carbocycles. The van der Waals surface area contributed by atoms with E-state index in [9.17, 15) is 0 Å². The third-order valence-corrected chi connectivity index (χ3v) is 5.48. The molecule has 0 fully saturated rings. The molecule has 2 N–H and O–H groups in total. The number of rotatable bonds is 6. The lowest BCUT2D eigenvalue weighted by atomic mass is 10.0. The summed E-state index contributed by atoms with van der Waals surface area (Å²) >= 11 is 5.38.